The third-order valence-electron chi connectivity index (χ3n) is 3.11. The quantitative estimate of drug-likeness (QED) is 0.834. The number of phenols is 1. The Balaban J connectivity index is 2.35. The van der Waals surface area contributed by atoms with Crippen molar-refractivity contribution in [3.05, 3.63) is 48.5 Å². The van der Waals surface area contributed by atoms with E-state index in [1.807, 2.05) is 37.3 Å². The Morgan fingerprint density at radius 3 is 2.48 bits per heavy atom. The number of phenolic OH excluding ortho intramolecular Hbond substituents is 1. The topological polar surface area (TPSA) is 63.6 Å². The molecule has 0 aliphatic carbocycles. The number of hydrogen-bond donors (Lipinski definition) is 1. The fraction of sp³-hybridized carbons (Fsp3) is 0.250. The maximum atomic E-state index is 12.2. The lowest BCUT2D eigenvalue weighted by molar-refractivity contribution is 0.163. The highest BCUT2D eigenvalue weighted by atomic mass is 32.2. The van der Waals surface area contributed by atoms with Gasteiger partial charge in [0.15, 0.2) is 9.84 Å². The van der Waals surface area contributed by atoms with Gasteiger partial charge in [-0.3, -0.25) is 0 Å². The smallest absolute Gasteiger partial charge is 0.180 e. The van der Waals surface area contributed by atoms with E-state index in [1.54, 1.807) is 0 Å². The standard InChI is InChI=1S/C16H18O4S/c1-2-20-10-11-21(18,19)14-8-9-16(17)15(12-14)13-6-4-3-5-7-13/h3-9,12,17H,2,10-11H2,1H3. The van der Waals surface area contributed by atoms with Crippen molar-refractivity contribution >= 4 is 9.84 Å². The van der Waals surface area contributed by atoms with Crippen molar-refractivity contribution < 1.29 is 18.3 Å². The average Bonchev–Trinajstić information content (AvgIpc) is 2.48. The lowest BCUT2D eigenvalue weighted by Gasteiger charge is -2.09. The van der Waals surface area contributed by atoms with Crippen LogP contribution in [0, 0.1) is 0 Å². The Morgan fingerprint density at radius 2 is 1.81 bits per heavy atom. The summed E-state index contributed by atoms with van der Waals surface area (Å²) in [5.74, 6) is -0.00945. The van der Waals surface area contributed by atoms with Crippen LogP contribution < -0.4 is 0 Å². The molecular weight excluding hydrogens is 288 g/mol. The molecule has 0 aliphatic heterocycles. The number of ether oxygens (including phenoxy) is 1. The zero-order valence-electron chi connectivity index (χ0n) is 11.8. The highest BCUT2D eigenvalue weighted by Gasteiger charge is 2.16. The molecule has 2 rings (SSSR count). The van der Waals surface area contributed by atoms with E-state index < -0.39 is 9.84 Å². The summed E-state index contributed by atoms with van der Waals surface area (Å²) in [4.78, 5) is 0.193. The van der Waals surface area contributed by atoms with Crippen LogP contribution in [0.5, 0.6) is 5.75 Å². The molecule has 0 saturated carbocycles. The fourth-order valence-corrected chi connectivity index (χ4v) is 3.13. The second-order valence-corrected chi connectivity index (χ2v) is 6.67. The second-order valence-electron chi connectivity index (χ2n) is 4.56. The molecule has 0 atom stereocenters. The predicted octanol–water partition coefficient (Wildman–Crippen LogP) is 2.87. The predicted molar refractivity (Wildman–Crippen MR) is 82.1 cm³/mol. The summed E-state index contributed by atoms with van der Waals surface area (Å²) in [6.07, 6.45) is 0. The number of rotatable bonds is 6. The first-order valence-corrected chi connectivity index (χ1v) is 8.39. The second kappa shape index (κ2) is 6.74. The van der Waals surface area contributed by atoms with Gasteiger partial charge < -0.3 is 9.84 Å². The summed E-state index contributed by atoms with van der Waals surface area (Å²) >= 11 is 0. The summed E-state index contributed by atoms with van der Waals surface area (Å²) in [5.41, 5.74) is 1.28. The van der Waals surface area contributed by atoms with E-state index in [4.69, 9.17) is 4.74 Å². The maximum Gasteiger partial charge on any atom is 0.180 e. The third-order valence-corrected chi connectivity index (χ3v) is 4.79. The van der Waals surface area contributed by atoms with Crippen LogP contribution in [0.2, 0.25) is 0 Å². The normalized spacial score (nSPS) is 11.5. The van der Waals surface area contributed by atoms with Gasteiger partial charge in [0.2, 0.25) is 0 Å². The number of hydrogen-bond acceptors (Lipinski definition) is 4. The van der Waals surface area contributed by atoms with E-state index in [2.05, 4.69) is 0 Å². The van der Waals surface area contributed by atoms with Crippen molar-refractivity contribution in [2.45, 2.75) is 11.8 Å². The van der Waals surface area contributed by atoms with Crippen LogP contribution >= 0.6 is 0 Å². The fourth-order valence-electron chi connectivity index (χ4n) is 1.99. The zero-order valence-corrected chi connectivity index (χ0v) is 12.6. The molecule has 0 bridgehead atoms. The number of aromatic hydroxyl groups is 1. The highest BCUT2D eigenvalue weighted by Crippen LogP contribution is 2.31. The number of sulfone groups is 1. The van der Waals surface area contributed by atoms with Gasteiger partial charge in [-0.2, -0.15) is 0 Å². The van der Waals surface area contributed by atoms with Crippen LogP contribution in [-0.2, 0) is 14.6 Å². The van der Waals surface area contributed by atoms with Crippen molar-refractivity contribution in [3.8, 4) is 16.9 Å². The molecule has 0 unspecified atom stereocenters. The van der Waals surface area contributed by atoms with Crippen LogP contribution in [0.1, 0.15) is 6.92 Å². The molecule has 0 amide bonds. The number of benzene rings is 2. The van der Waals surface area contributed by atoms with Crippen LogP contribution in [0.4, 0.5) is 0 Å². The lowest BCUT2D eigenvalue weighted by atomic mass is 10.1. The average molecular weight is 306 g/mol. The van der Waals surface area contributed by atoms with E-state index in [1.165, 1.54) is 18.2 Å². The lowest BCUT2D eigenvalue weighted by Crippen LogP contribution is -2.12. The third kappa shape index (κ3) is 3.83. The van der Waals surface area contributed by atoms with Gasteiger partial charge in [-0.15, -0.1) is 0 Å². The molecule has 21 heavy (non-hydrogen) atoms. The minimum Gasteiger partial charge on any atom is -0.507 e. The van der Waals surface area contributed by atoms with Crippen molar-refractivity contribution in [2.75, 3.05) is 19.0 Å². The zero-order chi connectivity index (χ0) is 15.3. The Morgan fingerprint density at radius 1 is 1.10 bits per heavy atom. The molecule has 0 radical (unpaired) electrons. The molecule has 0 aromatic heterocycles. The summed E-state index contributed by atoms with van der Waals surface area (Å²) in [7, 11) is -3.42. The highest BCUT2D eigenvalue weighted by molar-refractivity contribution is 7.91. The molecule has 2 aromatic carbocycles. The molecule has 4 nitrogen and oxygen atoms in total. The SMILES string of the molecule is CCOCCS(=O)(=O)c1ccc(O)c(-c2ccccc2)c1. The van der Waals surface area contributed by atoms with Crippen molar-refractivity contribution in [3.63, 3.8) is 0 Å². The van der Waals surface area contributed by atoms with Crippen molar-refractivity contribution in [2.24, 2.45) is 0 Å². The monoisotopic (exact) mass is 306 g/mol. The molecule has 2 aromatic rings. The van der Waals surface area contributed by atoms with Gasteiger partial charge in [0.1, 0.15) is 5.75 Å². The van der Waals surface area contributed by atoms with Crippen molar-refractivity contribution in [1.82, 2.24) is 0 Å². The summed E-state index contributed by atoms with van der Waals surface area (Å²) in [6, 6.07) is 13.5. The molecular formula is C16H18O4S. The van der Waals surface area contributed by atoms with Gasteiger partial charge >= 0.3 is 0 Å². The maximum absolute atomic E-state index is 12.2. The summed E-state index contributed by atoms with van der Waals surface area (Å²) in [6.45, 7) is 2.47. The van der Waals surface area contributed by atoms with E-state index in [9.17, 15) is 13.5 Å². The van der Waals surface area contributed by atoms with Gasteiger partial charge in [-0.05, 0) is 30.7 Å². The summed E-state index contributed by atoms with van der Waals surface area (Å²) in [5, 5.41) is 9.95. The van der Waals surface area contributed by atoms with Crippen molar-refractivity contribution in [1.29, 1.82) is 0 Å². The van der Waals surface area contributed by atoms with E-state index in [0.29, 0.717) is 12.2 Å². The van der Waals surface area contributed by atoms with Crippen LogP contribution in [0.3, 0.4) is 0 Å². The van der Waals surface area contributed by atoms with Gasteiger partial charge in [0.05, 0.1) is 17.3 Å². The largest absolute Gasteiger partial charge is 0.507 e. The molecule has 0 aliphatic rings. The molecule has 5 heteroatoms. The Bertz CT molecular complexity index is 693. The van der Waals surface area contributed by atoms with Gasteiger partial charge in [-0.1, -0.05) is 30.3 Å². The first-order chi connectivity index (χ1) is 10.0. The van der Waals surface area contributed by atoms with Crippen LogP contribution in [0.15, 0.2) is 53.4 Å². The molecule has 112 valence electrons. The molecule has 0 fully saturated rings. The van der Waals surface area contributed by atoms with Crippen LogP contribution in [0.25, 0.3) is 11.1 Å². The van der Waals surface area contributed by atoms with Gasteiger partial charge in [0, 0.05) is 12.2 Å². The Hall–Kier alpha value is -1.85. The van der Waals surface area contributed by atoms with Gasteiger partial charge in [0.25, 0.3) is 0 Å². The van der Waals surface area contributed by atoms with Gasteiger partial charge in [-0.25, -0.2) is 8.42 Å². The molecule has 1 N–H and O–H groups in total. The van der Waals surface area contributed by atoms with E-state index in [0.717, 1.165) is 5.56 Å². The first kappa shape index (κ1) is 15.5. The van der Waals surface area contributed by atoms with Crippen LogP contribution in [-0.4, -0.2) is 32.5 Å². The van der Waals surface area contributed by atoms with E-state index >= 15 is 0 Å². The molecule has 0 heterocycles. The molecule has 0 saturated heterocycles. The molecule has 0 spiro atoms. The van der Waals surface area contributed by atoms with E-state index in [-0.39, 0.29) is 23.0 Å². The first-order valence-electron chi connectivity index (χ1n) is 6.73. The Kier molecular flexibility index (Phi) is 4.98. The minimum atomic E-state index is -3.42. The summed E-state index contributed by atoms with van der Waals surface area (Å²) < 4.78 is 29.6. The minimum absolute atomic E-state index is 0.0601. The Labute approximate surface area is 124 Å².